The normalized spacial score (nSPS) is 20.4. The van der Waals surface area contributed by atoms with Crippen LogP contribution in [0.1, 0.15) is 5.56 Å². The van der Waals surface area contributed by atoms with Gasteiger partial charge in [-0.25, -0.2) is 12.6 Å². The van der Waals surface area contributed by atoms with Crippen LogP contribution < -0.4 is 0 Å². The number of rotatable bonds is 1. The molecule has 14 heavy (non-hydrogen) atoms. The Hall–Kier alpha value is -0.720. The van der Waals surface area contributed by atoms with Crippen molar-refractivity contribution >= 4 is 20.9 Å². The van der Waals surface area contributed by atoms with Crippen molar-refractivity contribution in [2.45, 2.75) is 16.2 Å². The highest BCUT2D eigenvalue weighted by molar-refractivity contribution is 7.91. The molecule has 4 nitrogen and oxygen atoms in total. The van der Waals surface area contributed by atoms with Gasteiger partial charge in [-0.15, -0.1) is 0 Å². The second-order valence-electron chi connectivity index (χ2n) is 3.09. The summed E-state index contributed by atoms with van der Waals surface area (Å²) in [5, 5.41) is 0. The van der Waals surface area contributed by atoms with Crippen LogP contribution >= 0.6 is 0 Å². The second kappa shape index (κ2) is 3.15. The molecule has 1 aromatic rings. The summed E-state index contributed by atoms with van der Waals surface area (Å²) in [5.41, 5.74) is 0.735. The van der Waals surface area contributed by atoms with E-state index in [0.717, 1.165) is 5.56 Å². The molecule has 1 unspecified atom stereocenters. The molecular formula is C8H8O4S2. The van der Waals surface area contributed by atoms with E-state index < -0.39 is 20.9 Å². The minimum atomic E-state index is -3.21. The molecule has 0 spiro atoms. The third kappa shape index (κ3) is 1.49. The van der Waals surface area contributed by atoms with Crippen LogP contribution in [-0.2, 0) is 27.3 Å². The summed E-state index contributed by atoms with van der Waals surface area (Å²) in [4.78, 5) is 0.339. The van der Waals surface area contributed by atoms with Gasteiger partial charge in [0.2, 0.25) is 0 Å². The van der Waals surface area contributed by atoms with Crippen molar-refractivity contribution in [3.63, 3.8) is 0 Å². The van der Waals surface area contributed by atoms with Crippen LogP contribution in [0.2, 0.25) is 0 Å². The highest BCUT2D eigenvalue weighted by atomic mass is 32.2. The molecule has 0 amide bonds. The first-order valence-electron chi connectivity index (χ1n) is 3.97. The third-order valence-corrected chi connectivity index (χ3v) is 4.66. The SMILES string of the molecule is O=S(O)c1ccc2c(c1)S(=O)(=O)CC2. The van der Waals surface area contributed by atoms with Crippen LogP contribution in [-0.4, -0.2) is 22.9 Å². The monoisotopic (exact) mass is 232 g/mol. The van der Waals surface area contributed by atoms with Crippen molar-refractivity contribution in [1.29, 1.82) is 0 Å². The zero-order valence-corrected chi connectivity index (χ0v) is 8.77. The molecule has 76 valence electrons. The van der Waals surface area contributed by atoms with Gasteiger partial charge in [-0.3, -0.25) is 0 Å². The van der Waals surface area contributed by atoms with E-state index in [0.29, 0.717) is 6.42 Å². The average molecular weight is 232 g/mol. The Morgan fingerprint density at radius 2 is 2.07 bits per heavy atom. The summed E-state index contributed by atoms with van der Waals surface area (Å²) in [7, 11) is -3.21. The molecule has 0 saturated carbocycles. The molecule has 1 aliphatic rings. The first-order valence-corrected chi connectivity index (χ1v) is 6.73. The molecule has 0 aliphatic carbocycles. The van der Waals surface area contributed by atoms with Gasteiger partial charge in [0.25, 0.3) is 0 Å². The van der Waals surface area contributed by atoms with E-state index >= 15 is 0 Å². The minimum absolute atomic E-state index is 0.101. The van der Waals surface area contributed by atoms with E-state index in [1.807, 2.05) is 0 Å². The summed E-state index contributed by atoms with van der Waals surface area (Å²) in [6, 6.07) is 4.37. The first-order chi connectivity index (χ1) is 6.50. The van der Waals surface area contributed by atoms with E-state index in [-0.39, 0.29) is 15.5 Å². The summed E-state index contributed by atoms with van der Waals surface area (Å²) < 4.78 is 42.4. The molecule has 0 saturated heterocycles. The van der Waals surface area contributed by atoms with Crippen LogP contribution in [0, 0.1) is 0 Å². The Morgan fingerprint density at radius 3 is 2.71 bits per heavy atom. The molecule has 1 heterocycles. The molecule has 0 fully saturated rings. The maximum absolute atomic E-state index is 11.4. The molecular weight excluding hydrogens is 224 g/mol. The third-order valence-electron chi connectivity index (χ3n) is 2.22. The van der Waals surface area contributed by atoms with Crippen molar-refractivity contribution in [3.8, 4) is 0 Å². The van der Waals surface area contributed by atoms with E-state index in [1.54, 1.807) is 6.07 Å². The van der Waals surface area contributed by atoms with Crippen molar-refractivity contribution in [2.24, 2.45) is 0 Å². The zero-order valence-electron chi connectivity index (χ0n) is 7.13. The lowest BCUT2D eigenvalue weighted by atomic mass is 10.2. The van der Waals surface area contributed by atoms with Crippen LogP contribution in [0.4, 0.5) is 0 Å². The number of fused-ring (bicyclic) bond motifs is 1. The summed E-state index contributed by atoms with van der Waals surface area (Å²) in [6.07, 6.45) is 0.496. The predicted octanol–water partition coefficient (Wildman–Crippen LogP) is 0.597. The topological polar surface area (TPSA) is 71.4 Å². The van der Waals surface area contributed by atoms with Crippen LogP contribution in [0.25, 0.3) is 0 Å². The van der Waals surface area contributed by atoms with Crippen molar-refractivity contribution in [3.05, 3.63) is 23.8 Å². The Bertz CT molecular complexity index is 504. The number of aryl methyl sites for hydroxylation is 1. The fraction of sp³-hybridized carbons (Fsp3) is 0.250. The highest BCUT2D eigenvalue weighted by Crippen LogP contribution is 2.27. The molecule has 2 rings (SSSR count). The van der Waals surface area contributed by atoms with E-state index in [4.69, 9.17) is 4.55 Å². The molecule has 1 N–H and O–H groups in total. The van der Waals surface area contributed by atoms with Crippen LogP contribution in [0.3, 0.4) is 0 Å². The van der Waals surface area contributed by atoms with Crippen molar-refractivity contribution in [2.75, 3.05) is 5.75 Å². The zero-order chi connectivity index (χ0) is 10.3. The summed E-state index contributed by atoms with van der Waals surface area (Å²) in [5.74, 6) is 0.101. The molecule has 0 bridgehead atoms. The molecule has 1 aromatic carbocycles. The maximum atomic E-state index is 11.4. The fourth-order valence-corrected chi connectivity index (χ4v) is 3.56. The lowest BCUT2D eigenvalue weighted by molar-refractivity contribution is 0.564. The Labute approximate surface area is 84.2 Å². The van der Waals surface area contributed by atoms with Gasteiger partial charge < -0.3 is 4.55 Å². The van der Waals surface area contributed by atoms with Crippen molar-refractivity contribution in [1.82, 2.24) is 0 Å². The van der Waals surface area contributed by atoms with Gasteiger partial charge in [0.15, 0.2) is 20.9 Å². The lowest BCUT2D eigenvalue weighted by Gasteiger charge is -1.99. The Balaban J connectivity index is 2.65. The average Bonchev–Trinajstić information content (AvgIpc) is 2.42. The summed E-state index contributed by atoms with van der Waals surface area (Å²) in [6.45, 7) is 0. The maximum Gasteiger partial charge on any atom is 0.186 e. The van der Waals surface area contributed by atoms with E-state index in [1.165, 1.54) is 12.1 Å². The molecule has 1 atom stereocenters. The number of hydrogen-bond acceptors (Lipinski definition) is 3. The fourth-order valence-electron chi connectivity index (χ4n) is 1.49. The number of hydrogen-bond donors (Lipinski definition) is 1. The van der Waals surface area contributed by atoms with E-state index in [2.05, 4.69) is 0 Å². The van der Waals surface area contributed by atoms with Gasteiger partial charge in [0.05, 0.1) is 15.5 Å². The molecule has 0 aromatic heterocycles. The molecule has 6 heteroatoms. The highest BCUT2D eigenvalue weighted by Gasteiger charge is 2.26. The van der Waals surface area contributed by atoms with Crippen LogP contribution in [0.5, 0.6) is 0 Å². The Kier molecular flexibility index (Phi) is 2.21. The Morgan fingerprint density at radius 1 is 1.36 bits per heavy atom. The van der Waals surface area contributed by atoms with E-state index in [9.17, 15) is 12.6 Å². The second-order valence-corrected chi connectivity index (χ2v) is 6.13. The quantitative estimate of drug-likeness (QED) is 0.720. The first kappa shape index (κ1) is 9.82. The predicted molar refractivity (Wildman–Crippen MR) is 51.2 cm³/mol. The van der Waals surface area contributed by atoms with Gasteiger partial charge in [-0.05, 0) is 24.1 Å². The minimum Gasteiger partial charge on any atom is -0.302 e. The smallest absolute Gasteiger partial charge is 0.186 e. The molecule has 1 aliphatic heterocycles. The standard InChI is InChI=1S/C8H8O4S2/c9-13(10)7-2-1-6-3-4-14(11,12)8(6)5-7/h1-2,5H,3-4H2,(H,9,10). The van der Waals surface area contributed by atoms with Gasteiger partial charge in [-0.1, -0.05) is 6.07 Å². The molecule has 0 radical (unpaired) electrons. The summed E-state index contributed by atoms with van der Waals surface area (Å²) >= 11 is -2.12. The number of benzene rings is 1. The largest absolute Gasteiger partial charge is 0.302 e. The van der Waals surface area contributed by atoms with Gasteiger partial charge in [0.1, 0.15) is 0 Å². The van der Waals surface area contributed by atoms with Crippen molar-refractivity contribution < 1.29 is 17.2 Å². The van der Waals surface area contributed by atoms with Gasteiger partial charge in [-0.2, -0.15) is 0 Å². The van der Waals surface area contributed by atoms with Gasteiger partial charge in [0, 0.05) is 0 Å². The lowest BCUT2D eigenvalue weighted by Crippen LogP contribution is -1.99. The number of sulfone groups is 1. The van der Waals surface area contributed by atoms with Crippen LogP contribution in [0.15, 0.2) is 28.0 Å². The van der Waals surface area contributed by atoms with Gasteiger partial charge >= 0.3 is 0 Å².